The Balaban J connectivity index is 2.88. The smallest absolute Gasteiger partial charge is 0.328 e. The molecule has 7 heteroatoms. The first-order valence-corrected chi connectivity index (χ1v) is 5.68. The molecule has 1 heterocycles. The quantitative estimate of drug-likeness (QED) is 0.677. The van der Waals surface area contributed by atoms with Gasteiger partial charge >= 0.3 is 5.97 Å². The molecule has 0 spiro atoms. The van der Waals surface area contributed by atoms with Crippen LogP contribution in [0.4, 0.5) is 5.82 Å². The zero-order valence-electron chi connectivity index (χ0n) is 11.0. The Hall–Kier alpha value is -2.15. The largest absolute Gasteiger partial charge is 0.480 e. The summed E-state index contributed by atoms with van der Waals surface area (Å²) in [7, 11) is 3.56. The number of carboxylic acids is 1. The number of hydrogen-bond acceptors (Lipinski definition) is 5. The fraction of sp³-hybridized carbons (Fsp3) is 0.417. The highest BCUT2D eigenvalue weighted by Gasteiger charge is 2.25. The number of carbonyl (C=O) groups is 2. The van der Waals surface area contributed by atoms with Gasteiger partial charge < -0.3 is 20.4 Å². The van der Waals surface area contributed by atoms with E-state index in [-0.39, 0.29) is 5.56 Å². The molecule has 0 aliphatic rings. The first-order chi connectivity index (χ1) is 8.82. The van der Waals surface area contributed by atoms with Gasteiger partial charge in [0.2, 0.25) is 0 Å². The van der Waals surface area contributed by atoms with Gasteiger partial charge in [0.15, 0.2) is 6.04 Å². The third kappa shape index (κ3) is 3.92. The predicted molar refractivity (Wildman–Crippen MR) is 69.1 cm³/mol. The molecule has 0 saturated heterocycles. The fourth-order valence-electron chi connectivity index (χ4n) is 1.42. The minimum Gasteiger partial charge on any atom is -0.480 e. The maximum Gasteiger partial charge on any atom is 0.328 e. The van der Waals surface area contributed by atoms with Crippen LogP contribution in [0.25, 0.3) is 0 Å². The molecule has 0 radical (unpaired) electrons. The Morgan fingerprint density at radius 2 is 2.05 bits per heavy atom. The lowest BCUT2D eigenvalue weighted by Gasteiger charge is -2.17. The number of carbonyl (C=O) groups excluding carboxylic acids is 1. The van der Waals surface area contributed by atoms with E-state index in [1.54, 1.807) is 19.0 Å². The summed E-state index contributed by atoms with van der Waals surface area (Å²) in [4.78, 5) is 28.6. The normalized spacial score (nSPS) is 13.5. The zero-order valence-corrected chi connectivity index (χ0v) is 11.0. The number of aliphatic hydroxyl groups excluding tert-OH is 1. The molecule has 7 nitrogen and oxygen atoms in total. The summed E-state index contributed by atoms with van der Waals surface area (Å²) in [5.41, 5.74) is 0.283. The van der Waals surface area contributed by atoms with Gasteiger partial charge in [-0.15, -0.1) is 0 Å². The van der Waals surface area contributed by atoms with E-state index in [0.29, 0.717) is 5.82 Å². The van der Waals surface area contributed by atoms with Gasteiger partial charge in [0.1, 0.15) is 5.82 Å². The Labute approximate surface area is 110 Å². The Kier molecular flexibility index (Phi) is 4.82. The van der Waals surface area contributed by atoms with Gasteiger partial charge in [-0.1, -0.05) is 0 Å². The summed E-state index contributed by atoms with van der Waals surface area (Å²) in [6.45, 7) is 1.30. The average molecular weight is 267 g/mol. The third-order valence-corrected chi connectivity index (χ3v) is 2.50. The molecule has 19 heavy (non-hydrogen) atoms. The monoisotopic (exact) mass is 267 g/mol. The molecule has 0 aliphatic carbocycles. The van der Waals surface area contributed by atoms with Crippen molar-refractivity contribution in [2.45, 2.75) is 19.1 Å². The number of anilines is 1. The topological polar surface area (TPSA) is 103 Å². The van der Waals surface area contributed by atoms with Crippen LogP contribution < -0.4 is 10.2 Å². The first-order valence-electron chi connectivity index (χ1n) is 5.68. The fourth-order valence-corrected chi connectivity index (χ4v) is 1.42. The summed E-state index contributed by atoms with van der Waals surface area (Å²) in [5, 5.41) is 20.5. The van der Waals surface area contributed by atoms with Crippen LogP contribution in [-0.2, 0) is 4.79 Å². The molecule has 1 aromatic rings. The van der Waals surface area contributed by atoms with E-state index in [4.69, 9.17) is 5.11 Å². The van der Waals surface area contributed by atoms with Crippen molar-refractivity contribution in [1.82, 2.24) is 10.3 Å². The second-order valence-electron chi connectivity index (χ2n) is 4.33. The van der Waals surface area contributed by atoms with E-state index in [0.717, 1.165) is 0 Å². The van der Waals surface area contributed by atoms with Gasteiger partial charge in [0.25, 0.3) is 5.91 Å². The van der Waals surface area contributed by atoms with E-state index >= 15 is 0 Å². The molecule has 0 fully saturated rings. The number of rotatable bonds is 5. The number of aliphatic hydroxyl groups is 1. The van der Waals surface area contributed by atoms with Crippen LogP contribution in [0.2, 0.25) is 0 Å². The number of nitrogens with zero attached hydrogens (tertiary/aromatic N) is 2. The molecular formula is C12H17N3O4. The average Bonchev–Trinajstić information content (AvgIpc) is 2.34. The number of aromatic nitrogens is 1. The van der Waals surface area contributed by atoms with Crippen LogP contribution in [0.5, 0.6) is 0 Å². The van der Waals surface area contributed by atoms with Gasteiger partial charge in [-0.3, -0.25) is 4.79 Å². The van der Waals surface area contributed by atoms with Crippen molar-refractivity contribution in [2.75, 3.05) is 19.0 Å². The van der Waals surface area contributed by atoms with E-state index in [9.17, 15) is 14.7 Å². The highest BCUT2D eigenvalue weighted by Crippen LogP contribution is 2.10. The van der Waals surface area contributed by atoms with Gasteiger partial charge in [0.05, 0.1) is 6.10 Å². The molecule has 0 aliphatic heterocycles. The molecular weight excluding hydrogens is 250 g/mol. The molecule has 104 valence electrons. The van der Waals surface area contributed by atoms with Crippen molar-refractivity contribution < 1.29 is 19.8 Å². The van der Waals surface area contributed by atoms with Crippen LogP contribution in [0.3, 0.4) is 0 Å². The SMILES string of the molecule is CC(O)C(NC(=O)c1ccnc(N(C)C)c1)C(=O)O. The van der Waals surface area contributed by atoms with Crippen LogP contribution in [0.15, 0.2) is 18.3 Å². The van der Waals surface area contributed by atoms with Crippen molar-refractivity contribution in [3.63, 3.8) is 0 Å². The number of pyridine rings is 1. The zero-order chi connectivity index (χ0) is 14.6. The first kappa shape index (κ1) is 14.9. The molecule has 1 rings (SSSR count). The number of amides is 1. The number of aliphatic carboxylic acids is 1. The lowest BCUT2D eigenvalue weighted by molar-refractivity contribution is -0.141. The van der Waals surface area contributed by atoms with E-state index in [1.165, 1.54) is 25.3 Å². The Bertz CT molecular complexity index is 474. The molecule has 0 saturated carbocycles. The van der Waals surface area contributed by atoms with Gasteiger partial charge in [-0.25, -0.2) is 9.78 Å². The van der Waals surface area contributed by atoms with Gasteiger partial charge in [-0.05, 0) is 19.1 Å². The minimum atomic E-state index is -1.34. The maximum absolute atomic E-state index is 11.9. The standard InChI is InChI=1S/C12H17N3O4/c1-7(16)10(12(18)19)14-11(17)8-4-5-13-9(6-8)15(2)3/h4-7,10,16H,1-3H3,(H,14,17)(H,18,19). The lowest BCUT2D eigenvalue weighted by atomic mass is 10.1. The van der Waals surface area contributed by atoms with Crippen molar-refractivity contribution >= 4 is 17.7 Å². The minimum absolute atomic E-state index is 0.283. The number of nitrogens with one attached hydrogen (secondary N) is 1. The Morgan fingerprint density at radius 1 is 1.42 bits per heavy atom. The van der Waals surface area contributed by atoms with Crippen molar-refractivity contribution in [3.8, 4) is 0 Å². The summed E-state index contributed by atoms with van der Waals surface area (Å²) >= 11 is 0. The van der Waals surface area contributed by atoms with Crippen molar-refractivity contribution in [2.24, 2.45) is 0 Å². The maximum atomic E-state index is 11.9. The lowest BCUT2D eigenvalue weighted by Crippen LogP contribution is -2.47. The molecule has 3 N–H and O–H groups in total. The highest BCUT2D eigenvalue weighted by atomic mass is 16.4. The second-order valence-corrected chi connectivity index (χ2v) is 4.33. The highest BCUT2D eigenvalue weighted by molar-refractivity contribution is 5.97. The van der Waals surface area contributed by atoms with Crippen molar-refractivity contribution in [1.29, 1.82) is 0 Å². The van der Waals surface area contributed by atoms with Crippen LogP contribution in [0, 0.1) is 0 Å². The summed E-state index contributed by atoms with van der Waals surface area (Å²) in [5.74, 6) is -1.28. The van der Waals surface area contributed by atoms with Gasteiger partial charge in [-0.2, -0.15) is 0 Å². The van der Waals surface area contributed by atoms with E-state index in [2.05, 4.69) is 10.3 Å². The number of carboxylic acid groups (broad SMARTS) is 1. The Morgan fingerprint density at radius 3 is 2.53 bits per heavy atom. The molecule has 2 atom stereocenters. The summed E-state index contributed by atoms with van der Waals surface area (Å²) in [6.07, 6.45) is 0.277. The predicted octanol–water partition coefficient (Wildman–Crippen LogP) is -0.289. The van der Waals surface area contributed by atoms with Gasteiger partial charge in [0, 0.05) is 25.9 Å². The number of hydrogen-bond donors (Lipinski definition) is 3. The molecule has 1 aromatic heterocycles. The van der Waals surface area contributed by atoms with Crippen LogP contribution in [-0.4, -0.2) is 53.3 Å². The van der Waals surface area contributed by atoms with E-state index < -0.39 is 24.0 Å². The summed E-state index contributed by atoms with van der Waals surface area (Å²) in [6, 6.07) is 1.67. The van der Waals surface area contributed by atoms with Crippen LogP contribution in [0.1, 0.15) is 17.3 Å². The summed E-state index contributed by atoms with van der Waals surface area (Å²) < 4.78 is 0. The molecule has 1 amide bonds. The van der Waals surface area contributed by atoms with E-state index in [1.807, 2.05) is 0 Å². The second kappa shape index (κ2) is 6.14. The van der Waals surface area contributed by atoms with Crippen molar-refractivity contribution in [3.05, 3.63) is 23.9 Å². The molecule has 2 unspecified atom stereocenters. The molecule has 0 bridgehead atoms. The molecule has 0 aromatic carbocycles. The van der Waals surface area contributed by atoms with Crippen LogP contribution >= 0.6 is 0 Å². The third-order valence-electron chi connectivity index (χ3n) is 2.50.